The Bertz CT molecular complexity index is 652. The smallest absolute Gasteiger partial charge is 0.334 e. The zero-order chi connectivity index (χ0) is 15.1. The highest BCUT2D eigenvalue weighted by molar-refractivity contribution is 6.00. The number of carbonyl (C=O) groups excluding carboxylic acids is 1. The lowest BCUT2D eigenvalue weighted by Crippen LogP contribution is -2.04. The maximum absolute atomic E-state index is 11.8. The van der Waals surface area contributed by atoms with Gasteiger partial charge in [-0.1, -0.05) is 72.8 Å². The number of methoxy groups -OCH3 is 1. The molecule has 2 nitrogen and oxygen atoms in total. The molecule has 0 spiro atoms. The summed E-state index contributed by atoms with van der Waals surface area (Å²) in [6.45, 7) is 1.78. The lowest BCUT2D eigenvalue weighted by atomic mass is 9.99. The molecule has 2 aromatic carbocycles. The van der Waals surface area contributed by atoms with Crippen LogP contribution < -0.4 is 0 Å². The van der Waals surface area contributed by atoms with Crippen LogP contribution in [0, 0.1) is 0 Å². The Kier molecular flexibility index (Phi) is 5.10. The average molecular weight is 278 g/mol. The van der Waals surface area contributed by atoms with Gasteiger partial charge in [-0.2, -0.15) is 0 Å². The molecule has 0 N–H and O–H groups in total. The summed E-state index contributed by atoms with van der Waals surface area (Å²) in [6.07, 6.45) is 3.95. The number of ether oxygens (including phenoxy) is 1. The van der Waals surface area contributed by atoms with Crippen LogP contribution in [0.2, 0.25) is 0 Å². The van der Waals surface area contributed by atoms with Gasteiger partial charge in [-0.3, -0.25) is 0 Å². The van der Waals surface area contributed by atoms with Crippen molar-refractivity contribution < 1.29 is 9.53 Å². The van der Waals surface area contributed by atoms with Gasteiger partial charge in [0.1, 0.15) is 0 Å². The predicted molar refractivity (Wildman–Crippen MR) is 86.5 cm³/mol. The van der Waals surface area contributed by atoms with Crippen molar-refractivity contribution >= 4 is 17.6 Å². The van der Waals surface area contributed by atoms with Gasteiger partial charge in [-0.15, -0.1) is 0 Å². The van der Waals surface area contributed by atoms with E-state index < -0.39 is 0 Å². The number of benzene rings is 2. The molecule has 106 valence electrons. The van der Waals surface area contributed by atoms with E-state index in [1.54, 1.807) is 6.92 Å². The first-order valence-corrected chi connectivity index (χ1v) is 6.80. The maximum atomic E-state index is 11.8. The van der Waals surface area contributed by atoms with Gasteiger partial charge >= 0.3 is 5.97 Å². The van der Waals surface area contributed by atoms with Crippen LogP contribution in [0.15, 0.2) is 72.3 Å². The second-order valence-corrected chi connectivity index (χ2v) is 4.64. The molecule has 0 aliphatic rings. The summed E-state index contributed by atoms with van der Waals surface area (Å²) in [5.74, 6) is -0.313. The molecule has 2 heteroatoms. The first-order valence-electron chi connectivity index (χ1n) is 6.80. The minimum Gasteiger partial charge on any atom is -0.466 e. The largest absolute Gasteiger partial charge is 0.466 e. The van der Waals surface area contributed by atoms with Crippen LogP contribution in [0.25, 0.3) is 11.6 Å². The molecule has 0 radical (unpaired) electrons. The molecule has 0 aliphatic heterocycles. The summed E-state index contributed by atoms with van der Waals surface area (Å²) in [4.78, 5) is 11.8. The van der Waals surface area contributed by atoms with E-state index in [1.165, 1.54) is 7.11 Å². The fourth-order valence-corrected chi connectivity index (χ4v) is 2.06. The second kappa shape index (κ2) is 7.25. The fraction of sp³-hybridized carbons (Fsp3) is 0.105. The van der Waals surface area contributed by atoms with Crippen LogP contribution >= 0.6 is 0 Å². The summed E-state index contributed by atoms with van der Waals surface area (Å²) in [5, 5.41) is 0. The number of carbonyl (C=O) groups is 1. The van der Waals surface area contributed by atoms with E-state index in [0.717, 1.165) is 16.7 Å². The Balaban J connectivity index is 2.43. The minimum atomic E-state index is -0.313. The second-order valence-electron chi connectivity index (χ2n) is 4.64. The van der Waals surface area contributed by atoms with Crippen LogP contribution in [0.5, 0.6) is 0 Å². The third-order valence-electron chi connectivity index (χ3n) is 3.22. The van der Waals surface area contributed by atoms with E-state index in [-0.39, 0.29) is 5.97 Å². The van der Waals surface area contributed by atoms with Crippen molar-refractivity contribution in [3.05, 3.63) is 83.4 Å². The van der Waals surface area contributed by atoms with Gasteiger partial charge in [0.15, 0.2) is 0 Å². The van der Waals surface area contributed by atoms with Gasteiger partial charge in [0.05, 0.1) is 7.11 Å². The normalized spacial score (nSPS) is 12.1. The summed E-state index contributed by atoms with van der Waals surface area (Å²) in [5.41, 5.74) is 3.54. The van der Waals surface area contributed by atoms with Crippen LogP contribution in [0.3, 0.4) is 0 Å². The Morgan fingerprint density at radius 2 is 1.52 bits per heavy atom. The number of esters is 1. The van der Waals surface area contributed by atoms with Crippen molar-refractivity contribution in [1.29, 1.82) is 0 Å². The molecule has 0 bridgehead atoms. The maximum Gasteiger partial charge on any atom is 0.334 e. The summed E-state index contributed by atoms with van der Waals surface area (Å²) >= 11 is 0. The van der Waals surface area contributed by atoms with E-state index in [9.17, 15) is 4.79 Å². The fourth-order valence-electron chi connectivity index (χ4n) is 2.06. The molecule has 0 fully saturated rings. The van der Waals surface area contributed by atoms with E-state index in [0.29, 0.717) is 5.57 Å². The molecule has 0 aliphatic carbocycles. The van der Waals surface area contributed by atoms with Gasteiger partial charge in [0.25, 0.3) is 0 Å². The predicted octanol–water partition coefficient (Wildman–Crippen LogP) is 4.35. The molecular formula is C19H18O2. The minimum absolute atomic E-state index is 0.313. The van der Waals surface area contributed by atoms with Crippen molar-refractivity contribution in [2.24, 2.45) is 0 Å². The molecule has 2 rings (SSSR count). The lowest BCUT2D eigenvalue weighted by Gasteiger charge is -2.07. The van der Waals surface area contributed by atoms with Crippen molar-refractivity contribution in [3.63, 3.8) is 0 Å². The monoisotopic (exact) mass is 278 g/mol. The van der Waals surface area contributed by atoms with E-state index in [2.05, 4.69) is 0 Å². The molecule has 0 unspecified atom stereocenters. The number of rotatable bonds is 4. The summed E-state index contributed by atoms with van der Waals surface area (Å²) in [7, 11) is 1.40. The Morgan fingerprint density at radius 1 is 0.952 bits per heavy atom. The first-order chi connectivity index (χ1) is 10.2. The summed E-state index contributed by atoms with van der Waals surface area (Å²) < 4.78 is 4.84. The van der Waals surface area contributed by atoms with E-state index >= 15 is 0 Å². The zero-order valence-electron chi connectivity index (χ0n) is 12.2. The molecule has 0 amide bonds. The molecule has 0 aromatic heterocycles. The van der Waals surface area contributed by atoms with Crippen molar-refractivity contribution in [1.82, 2.24) is 0 Å². The third-order valence-corrected chi connectivity index (χ3v) is 3.22. The zero-order valence-corrected chi connectivity index (χ0v) is 12.2. The first kappa shape index (κ1) is 14.8. The Morgan fingerprint density at radius 3 is 2.10 bits per heavy atom. The van der Waals surface area contributed by atoms with Crippen LogP contribution in [-0.2, 0) is 9.53 Å². The highest BCUT2D eigenvalue weighted by atomic mass is 16.5. The van der Waals surface area contributed by atoms with Gasteiger partial charge < -0.3 is 4.74 Å². The molecule has 2 aromatic rings. The summed E-state index contributed by atoms with van der Waals surface area (Å²) in [6, 6.07) is 19.8. The van der Waals surface area contributed by atoms with Crippen LogP contribution in [-0.4, -0.2) is 13.1 Å². The standard InChI is InChI=1S/C19H18O2/c1-15(19(20)21-2)18(17-11-7-4-8-12-17)14-13-16-9-5-3-6-10-16/h3-14H,1-2H3/b14-13+,18-15+. The number of allylic oxidation sites excluding steroid dienone is 2. The molecule has 0 saturated carbocycles. The van der Waals surface area contributed by atoms with Crippen LogP contribution in [0.1, 0.15) is 18.1 Å². The van der Waals surface area contributed by atoms with Gasteiger partial charge in [-0.05, 0) is 23.6 Å². The highest BCUT2D eigenvalue weighted by Crippen LogP contribution is 2.22. The van der Waals surface area contributed by atoms with Gasteiger partial charge in [0, 0.05) is 5.57 Å². The Labute approximate surface area is 125 Å². The molecule has 21 heavy (non-hydrogen) atoms. The molecule has 0 atom stereocenters. The van der Waals surface area contributed by atoms with Crippen molar-refractivity contribution in [2.75, 3.05) is 7.11 Å². The molecule has 0 saturated heterocycles. The Hall–Kier alpha value is -2.61. The SMILES string of the molecule is COC(=O)/C(C)=C(\C=C\c1ccccc1)c1ccccc1. The van der Waals surface area contributed by atoms with Crippen molar-refractivity contribution in [3.8, 4) is 0 Å². The van der Waals surface area contributed by atoms with Crippen molar-refractivity contribution in [2.45, 2.75) is 6.92 Å². The molecular weight excluding hydrogens is 260 g/mol. The number of hydrogen-bond acceptors (Lipinski definition) is 2. The highest BCUT2D eigenvalue weighted by Gasteiger charge is 2.10. The number of hydrogen-bond donors (Lipinski definition) is 0. The topological polar surface area (TPSA) is 26.3 Å². The van der Waals surface area contributed by atoms with Gasteiger partial charge in [0.2, 0.25) is 0 Å². The third kappa shape index (κ3) is 3.93. The van der Waals surface area contributed by atoms with Crippen LogP contribution in [0.4, 0.5) is 0 Å². The quantitative estimate of drug-likeness (QED) is 0.472. The molecule has 0 heterocycles. The lowest BCUT2D eigenvalue weighted by molar-refractivity contribution is -0.135. The van der Waals surface area contributed by atoms with Gasteiger partial charge in [-0.25, -0.2) is 4.79 Å². The van der Waals surface area contributed by atoms with E-state index in [4.69, 9.17) is 4.74 Å². The average Bonchev–Trinajstić information content (AvgIpc) is 2.56. The van der Waals surface area contributed by atoms with E-state index in [1.807, 2.05) is 72.8 Å².